The van der Waals surface area contributed by atoms with Gasteiger partial charge >= 0.3 is 6.18 Å². The van der Waals surface area contributed by atoms with Crippen molar-refractivity contribution in [3.8, 4) is 0 Å². The Labute approximate surface area is 139 Å². The average Bonchev–Trinajstić information content (AvgIpc) is 2.35. The normalized spacial score (nSPS) is 12.0. The van der Waals surface area contributed by atoms with Crippen LogP contribution in [-0.4, -0.2) is 11.5 Å². The minimum Gasteiger partial charge on any atom is -0.384 e. The lowest BCUT2D eigenvalue weighted by Gasteiger charge is -2.18. The van der Waals surface area contributed by atoms with Gasteiger partial charge in [0.1, 0.15) is 5.69 Å². The van der Waals surface area contributed by atoms with Crippen LogP contribution in [0.2, 0.25) is 5.02 Å². The van der Waals surface area contributed by atoms with Gasteiger partial charge in [-0.25, -0.2) is 4.98 Å². The van der Waals surface area contributed by atoms with E-state index < -0.39 is 11.9 Å². The molecule has 0 fully saturated rings. The lowest BCUT2D eigenvalue weighted by atomic mass is 10.1. The van der Waals surface area contributed by atoms with Crippen LogP contribution >= 0.6 is 34.2 Å². The van der Waals surface area contributed by atoms with Crippen molar-refractivity contribution in [1.29, 1.82) is 0 Å². The number of rotatable bonds is 3. The lowest BCUT2D eigenvalue weighted by molar-refractivity contribution is -0.141. The van der Waals surface area contributed by atoms with E-state index in [0.29, 0.717) is 31.7 Å². The molecular weight excluding hydrogens is 416 g/mol. The minimum absolute atomic E-state index is 0.0986. The van der Waals surface area contributed by atoms with Gasteiger partial charge in [-0.15, -0.1) is 0 Å². The molecule has 2 nitrogen and oxygen atoms in total. The van der Waals surface area contributed by atoms with Crippen molar-refractivity contribution in [3.05, 3.63) is 32.0 Å². The molecule has 114 valence electrons. The molecule has 0 bridgehead atoms. The van der Waals surface area contributed by atoms with Crippen molar-refractivity contribution < 1.29 is 13.2 Å². The quantitative estimate of drug-likeness (QED) is 0.640. The van der Waals surface area contributed by atoms with Gasteiger partial charge in [-0.3, -0.25) is 0 Å². The zero-order chi connectivity index (χ0) is 15.8. The number of nitrogens with zero attached hydrogens (tertiary/aromatic N) is 1. The van der Waals surface area contributed by atoms with Gasteiger partial charge < -0.3 is 5.32 Å². The molecule has 0 saturated carbocycles. The Morgan fingerprint density at radius 2 is 2.00 bits per heavy atom. The fourth-order valence-corrected chi connectivity index (χ4v) is 3.29. The first-order chi connectivity index (χ1) is 9.75. The number of pyridine rings is 1. The third kappa shape index (κ3) is 3.36. The predicted octanol–water partition coefficient (Wildman–Crippen LogP) is 5.64. The highest BCUT2D eigenvalue weighted by Gasteiger charge is 2.36. The number of anilines is 1. The Hall–Kier alpha value is -0.760. The molecule has 0 saturated heterocycles. The standard InChI is InChI=1S/C14H13ClF3IN2/c1-3-4-20-11-7(2)13(14(16,17)18)21-12-9(11)5-8(15)6-10(12)19/h5-6H,3-4H2,1-2H3,(H,20,21). The number of hydrogen-bond acceptors (Lipinski definition) is 2. The maximum absolute atomic E-state index is 13.2. The highest BCUT2D eigenvalue weighted by molar-refractivity contribution is 14.1. The van der Waals surface area contributed by atoms with Gasteiger partial charge in [-0.05, 0) is 48.1 Å². The Bertz CT molecular complexity index is 686. The zero-order valence-electron chi connectivity index (χ0n) is 11.4. The fraction of sp³-hybridized carbons (Fsp3) is 0.357. The van der Waals surface area contributed by atoms with Crippen molar-refractivity contribution in [2.75, 3.05) is 11.9 Å². The highest BCUT2D eigenvalue weighted by Crippen LogP contribution is 2.39. The number of fused-ring (bicyclic) bond motifs is 1. The van der Waals surface area contributed by atoms with E-state index in [2.05, 4.69) is 10.3 Å². The molecule has 2 aromatic rings. The van der Waals surface area contributed by atoms with Crippen molar-refractivity contribution >= 4 is 50.8 Å². The molecule has 0 amide bonds. The Morgan fingerprint density at radius 1 is 1.33 bits per heavy atom. The molecule has 0 unspecified atom stereocenters. The molecule has 0 atom stereocenters. The van der Waals surface area contributed by atoms with Crippen molar-refractivity contribution in [2.45, 2.75) is 26.4 Å². The lowest BCUT2D eigenvalue weighted by Crippen LogP contribution is -2.14. The average molecular weight is 429 g/mol. The van der Waals surface area contributed by atoms with E-state index in [-0.39, 0.29) is 5.56 Å². The highest BCUT2D eigenvalue weighted by atomic mass is 127. The first kappa shape index (κ1) is 16.6. The summed E-state index contributed by atoms with van der Waals surface area (Å²) in [4.78, 5) is 3.82. The Balaban J connectivity index is 2.83. The summed E-state index contributed by atoms with van der Waals surface area (Å²) >= 11 is 7.98. The van der Waals surface area contributed by atoms with Gasteiger partial charge in [0.25, 0.3) is 0 Å². The molecule has 7 heteroatoms. The van der Waals surface area contributed by atoms with Crippen LogP contribution in [0, 0.1) is 10.5 Å². The van der Waals surface area contributed by atoms with Gasteiger partial charge in [-0.1, -0.05) is 18.5 Å². The Kier molecular flexibility index (Phi) is 4.87. The second-order valence-corrected chi connectivity index (χ2v) is 6.27. The van der Waals surface area contributed by atoms with Gasteiger partial charge in [0.05, 0.1) is 5.52 Å². The van der Waals surface area contributed by atoms with Crippen LogP contribution in [0.3, 0.4) is 0 Å². The second kappa shape index (κ2) is 6.16. The maximum Gasteiger partial charge on any atom is 0.433 e. The summed E-state index contributed by atoms with van der Waals surface area (Å²) in [5.74, 6) is 0. The largest absolute Gasteiger partial charge is 0.433 e. The molecule has 0 aliphatic rings. The number of hydrogen-bond donors (Lipinski definition) is 1. The minimum atomic E-state index is -4.48. The number of alkyl halides is 3. The van der Waals surface area contributed by atoms with Crippen LogP contribution in [-0.2, 0) is 6.18 Å². The van der Waals surface area contributed by atoms with E-state index in [1.807, 2.05) is 29.5 Å². The van der Waals surface area contributed by atoms with E-state index in [1.165, 1.54) is 6.92 Å². The third-order valence-electron chi connectivity index (χ3n) is 3.07. The van der Waals surface area contributed by atoms with E-state index in [4.69, 9.17) is 11.6 Å². The molecule has 0 aliphatic heterocycles. The smallest absolute Gasteiger partial charge is 0.384 e. The van der Waals surface area contributed by atoms with Gasteiger partial charge in [0.2, 0.25) is 0 Å². The summed E-state index contributed by atoms with van der Waals surface area (Å²) in [5, 5.41) is 4.17. The molecule has 2 rings (SSSR count). The van der Waals surface area contributed by atoms with Crippen LogP contribution in [0.15, 0.2) is 12.1 Å². The monoisotopic (exact) mass is 428 g/mol. The van der Waals surface area contributed by atoms with E-state index in [0.717, 1.165) is 6.42 Å². The first-order valence-electron chi connectivity index (χ1n) is 6.36. The van der Waals surface area contributed by atoms with Crippen LogP contribution in [0.5, 0.6) is 0 Å². The van der Waals surface area contributed by atoms with Crippen LogP contribution < -0.4 is 5.32 Å². The van der Waals surface area contributed by atoms with Crippen molar-refractivity contribution in [2.24, 2.45) is 0 Å². The van der Waals surface area contributed by atoms with Crippen LogP contribution in [0.1, 0.15) is 24.6 Å². The van der Waals surface area contributed by atoms with E-state index >= 15 is 0 Å². The SMILES string of the molecule is CCCNc1c(C)c(C(F)(F)F)nc2c(I)cc(Cl)cc12. The predicted molar refractivity (Wildman–Crippen MR) is 88.0 cm³/mol. The zero-order valence-corrected chi connectivity index (χ0v) is 14.3. The molecule has 1 heterocycles. The molecule has 1 N–H and O–H groups in total. The van der Waals surface area contributed by atoms with Crippen LogP contribution in [0.25, 0.3) is 10.9 Å². The number of halogens is 5. The maximum atomic E-state index is 13.2. The van der Waals surface area contributed by atoms with Crippen LogP contribution in [0.4, 0.5) is 18.9 Å². The number of nitrogens with one attached hydrogen (secondary N) is 1. The van der Waals surface area contributed by atoms with Gasteiger partial charge in [-0.2, -0.15) is 13.2 Å². The number of benzene rings is 1. The first-order valence-corrected chi connectivity index (χ1v) is 7.81. The summed E-state index contributed by atoms with van der Waals surface area (Å²) in [6.45, 7) is 3.97. The summed E-state index contributed by atoms with van der Waals surface area (Å²) in [6.07, 6.45) is -3.67. The summed E-state index contributed by atoms with van der Waals surface area (Å²) in [6, 6.07) is 3.26. The van der Waals surface area contributed by atoms with Crippen molar-refractivity contribution in [1.82, 2.24) is 4.98 Å². The molecule has 0 radical (unpaired) electrons. The molecule has 0 spiro atoms. The Morgan fingerprint density at radius 3 is 2.57 bits per heavy atom. The van der Waals surface area contributed by atoms with Crippen molar-refractivity contribution in [3.63, 3.8) is 0 Å². The summed E-state index contributed by atoms with van der Waals surface area (Å²) < 4.78 is 40.1. The van der Waals surface area contributed by atoms with Gasteiger partial charge in [0.15, 0.2) is 0 Å². The number of aromatic nitrogens is 1. The third-order valence-corrected chi connectivity index (χ3v) is 4.11. The second-order valence-electron chi connectivity index (χ2n) is 4.67. The summed E-state index contributed by atoms with van der Waals surface area (Å²) in [7, 11) is 0. The molecule has 1 aromatic carbocycles. The van der Waals surface area contributed by atoms with Gasteiger partial charge in [0, 0.05) is 31.8 Å². The summed E-state index contributed by atoms with van der Waals surface area (Å²) in [5.41, 5.74) is 0.0153. The van der Waals surface area contributed by atoms with E-state index in [9.17, 15) is 13.2 Å². The molecule has 21 heavy (non-hydrogen) atoms. The molecule has 0 aliphatic carbocycles. The van der Waals surface area contributed by atoms with E-state index in [1.54, 1.807) is 12.1 Å². The fourth-order valence-electron chi connectivity index (χ4n) is 2.14. The molecule has 1 aromatic heterocycles. The molecular formula is C14H13ClF3IN2. The topological polar surface area (TPSA) is 24.9 Å².